The smallest absolute Gasteiger partial charge is 0.407 e. The Labute approximate surface area is 339 Å². The van der Waals surface area contributed by atoms with Crippen LogP contribution in [-0.2, 0) is 71.5 Å². The Morgan fingerprint density at radius 2 is 0.621 bits per heavy atom. The Hall–Kier alpha value is -6.00. The summed E-state index contributed by atoms with van der Waals surface area (Å²) in [5.41, 5.74) is -2.82. The lowest BCUT2D eigenvalue weighted by Gasteiger charge is -2.31. The molecule has 0 aliphatic rings. The van der Waals surface area contributed by atoms with E-state index in [1.807, 2.05) is 0 Å². The molecule has 0 saturated heterocycles. The summed E-state index contributed by atoms with van der Waals surface area (Å²) in [7, 11) is 0. The molecule has 0 rings (SSSR count). The molecule has 0 radical (unpaired) electrons. The number of rotatable bonds is 34. The van der Waals surface area contributed by atoms with Crippen molar-refractivity contribution in [3.8, 4) is 0 Å². The summed E-state index contributed by atoms with van der Waals surface area (Å²) in [4.78, 5) is 95.4. The van der Waals surface area contributed by atoms with E-state index in [2.05, 4.69) is 44.8 Å². The summed E-state index contributed by atoms with van der Waals surface area (Å²) < 4.78 is 41.4. The highest BCUT2D eigenvalue weighted by Crippen LogP contribution is 2.23. The fraction of sp³-hybridized carbons (Fsp3) is 0.512. The van der Waals surface area contributed by atoms with Crippen molar-refractivity contribution in [2.24, 2.45) is 10.8 Å². The SMILES string of the molecule is C=CC(=O)OCC(COC(=O)C=C)(COC(=O)C=C)COC(=O)CCCCCCCCCCCNC(=O)OCC(COC(=O)C=C)(COC(=O)C=C)COC(=O)C=C. The van der Waals surface area contributed by atoms with E-state index >= 15 is 0 Å². The summed E-state index contributed by atoms with van der Waals surface area (Å²) in [6, 6.07) is 0. The third-order valence-electron chi connectivity index (χ3n) is 8.00. The first-order chi connectivity index (χ1) is 27.7. The van der Waals surface area contributed by atoms with Gasteiger partial charge in [-0.15, -0.1) is 0 Å². The Morgan fingerprint density at radius 1 is 0.362 bits per heavy atom. The molecular formula is C41H57NO16. The predicted molar refractivity (Wildman–Crippen MR) is 208 cm³/mol. The minimum absolute atomic E-state index is 0.117. The molecule has 1 amide bonds. The molecular weight excluding hydrogens is 762 g/mol. The third-order valence-corrected chi connectivity index (χ3v) is 8.00. The van der Waals surface area contributed by atoms with Crippen molar-refractivity contribution in [2.75, 3.05) is 59.4 Å². The van der Waals surface area contributed by atoms with Gasteiger partial charge in [0.05, 0.1) is 0 Å². The summed E-state index contributed by atoms with van der Waals surface area (Å²) in [6.45, 7) is 17.0. The number of carbonyl (C=O) groups is 8. The summed E-state index contributed by atoms with van der Waals surface area (Å²) in [5, 5.41) is 2.63. The van der Waals surface area contributed by atoms with Crippen LogP contribution in [0, 0.1) is 10.8 Å². The second kappa shape index (κ2) is 31.1. The molecule has 0 bridgehead atoms. The number of amides is 1. The topological polar surface area (TPSA) is 222 Å². The monoisotopic (exact) mass is 819 g/mol. The fourth-order valence-electron chi connectivity index (χ4n) is 4.60. The molecule has 58 heavy (non-hydrogen) atoms. The lowest BCUT2D eigenvalue weighted by Crippen LogP contribution is -2.44. The minimum Gasteiger partial charge on any atom is -0.465 e. The number of hydrogen-bond acceptors (Lipinski definition) is 16. The Balaban J connectivity index is 4.64. The molecule has 0 aromatic carbocycles. The van der Waals surface area contributed by atoms with Gasteiger partial charge in [0.25, 0.3) is 0 Å². The highest BCUT2D eigenvalue weighted by Gasteiger charge is 2.38. The molecule has 0 fully saturated rings. The van der Waals surface area contributed by atoms with E-state index in [0.29, 0.717) is 19.4 Å². The third kappa shape index (κ3) is 25.2. The van der Waals surface area contributed by atoms with Crippen molar-refractivity contribution < 1.29 is 76.3 Å². The van der Waals surface area contributed by atoms with E-state index in [1.165, 1.54) is 0 Å². The van der Waals surface area contributed by atoms with Gasteiger partial charge >= 0.3 is 47.9 Å². The zero-order valence-electron chi connectivity index (χ0n) is 33.2. The maximum Gasteiger partial charge on any atom is 0.407 e. The van der Waals surface area contributed by atoms with E-state index in [1.54, 1.807) is 0 Å². The van der Waals surface area contributed by atoms with Crippen molar-refractivity contribution in [3.63, 3.8) is 0 Å². The van der Waals surface area contributed by atoms with Crippen LogP contribution < -0.4 is 5.32 Å². The molecule has 17 heteroatoms. The summed E-state index contributed by atoms with van der Waals surface area (Å²) in [5.74, 6) is -5.24. The lowest BCUT2D eigenvalue weighted by molar-refractivity contribution is -0.167. The van der Waals surface area contributed by atoms with Crippen molar-refractivity contribution in [3.05, 3.63) is 75.9 Å². The maximum absolute atomic E-state index is 12.5. The van der Waals surface area contributed by atoms with Crippen LogP contribution in [0.2, 0.25) is 0 Å². The molecule has 0 aliphatic carbocycles. The number of carbonyl (C=O) groups excluding carboxylic acids is 8. The predicted octanol–water partition coefficient (Wildman–Crippen LogP) is 4.50. The van der Waals surface area contributed by atoms with E-state index in [9.17, 15) is 38.4 Å². The lowest BCUT2D eigenvalue weighted by atomic mass is 9.92. The van der Waals surface area contributed by atoms with Crippen LogP contribution in [0.3, 0.4) is 0 Å². The molecule has 17 nitrogen and oxygen atoms in total. The van der Waals surface area contributed by atoms with Crippen LogP contribution in [0.1, 0.15) is 64.2 Å². The number of hydrogen-bond donors (Lipinski definition) is 1. The summed E-state index contributed by atoms with van der Waals surface area (Å²) >= 11 is 0. The van der Waals surface area contributed by atoms with E-state index in [4.69, 9.17) is 37.9 Å². The minimum atomic E-state index is -1.43. The van der Waals surface area contributed by atoms with Gasteiger partial charge in [0.2, 0.25) is 0 Å². The number of unbranched alkanes of at least 4 members (excludes halogenated alkanes) is 8. The van der Waals surface area contributed by atoms with E-state index in [-0.39, 0.29) is 13.0 Å². The number of alkyl carbamates (subject to hydrolysis) is 1. The van der Waals surface area contributed by atoms with Crippen LogP contribution in [-0.4, -0.2) is 107 Å². The van der Waals surface area contributed by atoms with Gasteiger partial charge in [-0.25, -0.2) is 33.6 Å². The molecule has 0 unspecified atom stereocenters. The number of ether oxygens (including phenoxy) is 8. The van der Waals surface area contributed by atoms with Gasteiger partial charge in [-0.3, -0.25) is 4.79 Å². The van der Waals surface area contributed by atoms with Gasteiger partial charge in [0.15, 0.2) is 0 Å². The molecule has 0 spiro atoms. The highest BCUT2D eigenvalue weighted by atomic mass is 16.6. The Kier molecular flexibility index (Phi) is 27.9. The normalized spacial score (nSPS) is 10.6. The molecule has 1 N–H and O–H groups in total. The quantitative estimate of drug-likeness (QED) is 0.0408. The van der Waals surface area contributed by atoms with Crippen LogP contribution in [0.25, 0.3) is 0 Å². The van der Waals surface area contributed by atoms with Crippen LogP contribution in [0.15, 0.2) is 75.9 Å². The molecule has 0 heterocycles. The largest absolute Gasteiger partial charge is 0.465 e. The van der Waals surface area contributed by atoms with Gasteiger partial charge in [-0.1, -0.05) is 84.4 Å². The van der Waals surface area contributed by atoms with Crippen LogP contribution in [0.5, 0.6) is 0 Å². The van der Waals surface area contributed by atoms with Crippen LogP contribution >= 0.6 is 0 Å². The second-order valence-electron chi connectivity index (χ2n) is 13.0. The van der Waals surface area contributed by atoms with Gasteiger partial charge < -0.3 is 43.2 Å². The van der Waals surface area contributed by atoms with E-state index < -0.39 is 105 Å². The fourth-order valence-corrected chi connectivity index (χ4v) is 4.60. The van der Waals surface area contributed by atoms with Gasteiger partial charge in [-0.2, -0.15) is 0 Å². The molecule has 0 aromatic rings. The Morgan fingerprint density at radius 3 is 0.931 bits per heavy atom. The first-order valence-electron chi connectivity index (χ1n) is 18.5. The second-order valence-corrected chi connectivity index (χ2v) is 13.0. The molecule has 0 aromatic heterocycles. The summed E-state index contributed by atoms with van der Waals surface area (Å²) in [6.07, 6.45) is 12.5. The van der Waals surface area contributed by atoms with Crippen LogP contribution in [0.4, 0.5) is 4.79 Å². The first kappa shape index (κ1) is 52.0. The van der Waals surface area contributed by atoms with Crippen molar-refractivity contribution in [2.45, 2.75) is 64.2 Å². The first-order valence-corrected chi connectivity index (χ1v) is 18.5. The Bertz CT molecular complexity index is 1210. The standard InChI is InChI=1S/C41H57NO16/c1-7-32(43)51-24-40(25-52-33(44)8-2,26-53-34(45)9-3)30-57-38(49)22-20-18-16-14-13-15-17-19-21-23-42-39(50)58-31-41(27-54-35(46)10-4,28-55-36(47)11-5)29-56-37(48)12-6/h7-12H,1-6,13-31H2,(H,42,50). The average molecular weight is 820 g/mol. The van der Waals surface area contributed by atoms with E-state index in [0.717, 1.165) is 81.4 Å². The van der Waals surface area contributed by atoms with Gasteiger partial charge in [0.1, 0.15) is 63.7 Å². The van der Waals surface area contributed by atoms with Gasteiger partial charge in [-0.05, 0) is 12.8 Å². The molecule has 0 saturated carbocycles. The molecule has 322 valence electrons. The van der Waals surface area contributed by atoms with Crippen molar-refractivity contribution in [1.82, 2.24) is 5.32 Å². The average Bonchev–Trinajstić information content (AvgIpc) is 3.24. The number of nitrogens with one attached hydrogen (secondary N) is 1. The van der Waals surface area contributed by atoms with Crippen molar-refractivity contribution in [1.29, 1.82) is 0 Å². The maximum atomic E-state index is 12.5. The molecule has 0 atom stereocenters. The molecule has 0 aliphatic heterocycles. The zero-order chi connectivity index (χ0) is 43.7. The highest BCUT2D eigenvalue weighted by molar-refractivity contribution is 5.83. The van der Waals surface area contributed by atoms with Crippen molar-refractivity contribution >= 4 is 47.9 Å². The number of esters is 7. The zero-order valence-corrected chi connectivity index (χ0v) is 33.2. The van der Waals surface area contributed by atoms with Gasteiger partial charge in [0, 0.05) is 49.4 Å².